The average Bonchev–Trinajstić information content (AvgIpc) is 2.97. The number of nitrogens with zero attached hydrogens (tertiary/aromatic N) is 2. The van der Waals surface area contributed by atoms with Crippen LogP contribution in [0.3, 0.4) is 0 Å². The van der Waals surface area contributed by atoms with Crippen molar-refractivity contribution in [3.05, 3.63) is 57.3 Å². The van der Waals surface area contributed by atoms with Gasteiger partial charge in [-0.15, -0.1) is 11.8 Å². The summed E-state index contributed by atoms with van der Waals surface area (Å²) in [4.78, 5) is 18.6. The van der Waals surface area contributed by atoms with Crippen LogP contribution in [-0.4, -0.2) is 28.2 Å². The number of fused-ring (bicyclic) bond motifs is 1. The van der Waals surface area contributed by atoms with Gasteiger partial charge >= 0.3 is 0 Å². The lowest BCUT2D eigenvalue weighted by Gasteiger charge is -2.04. The van der Waals surface area contributed by atoms with Crippen LogP contribution >= 0.6 is 58.1 Å². The fourth-order valence-corrected chi connectivity index (χ4v) is 5.16. The Bertz CT molecular complexity index is 996. The fourth-order valence-electron chi connectivity index (χ4n) is 2.48. The molecule has 0 atom stereocenters. The van der Waals surface area contributed by atoms with E-state index in [0.29, 0.717) is 22.2 Å². The van der Waals surface area contributed by atoms with E-state index in [4.69, 9.17) is 23.2 Å². The number of hydrogen-bond donors (Lipinski definition) is 0. The maximum Gasteiger partial charge on any atom is 0.249 e. The number of halogens is 2. The van der Waals surface area contributed by atoms with Crippen LogP contribution < -0.4 is 4.80 Å². The maximum absolute atomic E-state index is 12.4. The number of carbonyl (C=O) groups is 1. The lowest BCUT2D eigenvalue weighted by Crippen LogP contribution is -2.18. The van der Waals surface area contributed by atoms with Crippen LogP contribution in [0.15, 0.2) is 52.4 Å². The first-order valence-electron chi connectivity index (χ1n) is 8.30. The van der Waals surface area contributed by atoms with Gasteiger partial charge in [0.15, 0.2) is 4.80 Å². The molecule has 3 rings (SSSR count). The molecule has 0 aliphatic rings. The summed E-state index contributed by atoms with van der Waals surface area (Å²) in [6.07, 6.45) is 2.47. The molecule has 0 N–H and O–H groups in total. The summed E-state index contributed by atoms with van der Waals surface area (Å²) in [6.45, 7) is 0.814. The standard InChI is InChI=1S/C19H18Cl2N2OS3/c1-25-11-9-23-16-7-4-14(21)12-17(16)27-19(23)22-18(24)8-10-26-15-5-2-13(20)3-6-15/h2-7,12H,8-11H2,1H3. The predicted octanol–water partition coefficient (Wildman–Crippen LogP) is 5.98. The third-order valence-corrected chi connectivity index (χ3v) is 6.92. The van der Waals surface area contributed by atoms with Gasteiger partial charge in [0, 0.05) is 39.4 Å². The number of amides is 1. The molecule has 3 aromatic rings. The summed E-state index contributed by atoms with van der Waals surface area (Å²) in [5.41, 5.74) is 1.07. The molecule has 142 valence electrons. The Balaban J connectivity index is 1.75. The number of thiazole rings is 1. The van der Waals surface area contributed by atoms with Gasteiger partial charge in [0.25, 0.3) is 0 Å². The predicted molar refractivity (Wildman–Crippen MR) is 121 cm³/mol. The number of hydrogen-bond acceptors (Lipinski definition) is 4. The quantitative estimate of drug-likeness (QED) is 0.409. The van der Waals surface area contributed by atoms with Crippen molar-refractivity contribution < 1.29 is 4.79 Å². The van der Waals surface area contributed by atoms with E-state index in [0.717, 1.165) is 32.2 Å². The first-order valence-corrected chi connectivity index (χ1v) is 12.3. The molecule has 1 amide bonds. The Morgan fingerprint density at radius 3 is 2.59 bits per heavy atom. The summed E-state index contributed by atoms with van der Waals surface area (Å²) in [5.74, 6) is 1.54. The van der Waals surface area contributed by atoms with Crippen LogP contribution in [0.5, 0.6) is 0 Å². The molecule has 3 nitrogen and oxygen atoms in total. The Morgan fingerprint density at radius 2 is 1.85 bits per heavy atom. The van der Waals surface area contributed by atoms with Crippen molar-refractivity contribution in [3.63, 3.8) is 0 Å². The Morgan fingerprint density at radius 1 is 1.11 bits per heavy atom. The first kappa shape index (κ1) is 20.8. The number of benzene rings is 2. The zero-order valence-electron chi connectivity index (χ0n) is 14.7. The smallest absolute Gasteiger partial charge is 0.249 e. The molecule has 0 aliphatic carbocycles. The van der Waals surface area contributed by atoms with Gasteiger partial charge in [0.05, 0.1) is 10.2 Å². The largest absolute Gasteiger partial charge is 0.316 e. The van der Waals surface area contributed by atoms with Crippen LogP contribution in [0.25, 0.3) is 10.2 Å². The van der Waals surface area contributed by atoms with Gasteiger partial charge in [-0.1, -0.05) is 34.5 Å². The molecule has 0 saturated carbocycles. The molecule has 1 heterocycles. The van der Waals surface area contributed by atoms with Crippen molar-refractivity contribution in [2.24, 2.45) is 4.99 Å². The summed E-state index contributed by atoms with van der Waals surface area (Å²) >= 11 is 16.9. The fraction of sp³-hybridized carbons (Fsp3) is 0.263. The summed E-state index contributed by atoms with van der Waals surface area (Å²) < 4.78 is 3.16. The molecule has 0 saturated heterocycles. The molecule has 0 radical (unpaired) electrons. The minimum atomic E-state index is -0.105. The summed E-state index contributed by atoms with van der Waals surface area (Å²) in [6, 6.07) is 13.4. The van der Waals surface area contributed by atoms with Crippen molar-refractivity contribution >= 4 is 74.2 Å². The third-order valence-electron chi connectivity index (χ3n) is 3.78. The first-order chi connectivity index (χ1) is 13.1. The highest BCUT2D eigenvalue weighted by Crippen LogP contribution is 2.23. The van der Waals surface area contributed by atoms with Gasteiger partial charge < -0.3 is 4.57 Å². The van der Waals surface area contributed by atoms with E-state index < -0.39 is 0 Å². The molecule has 2 aromatic carbocycles. The molecule has 0 fully saturated rings. The molecular formula is C19H18Cl2N2OS3. The van der Waals surface area contributed by atoms with Crippen molar-refractivity contribution in [2.75, 3.05) is 17.8 Å². The van der Waals surface area contributed by atoms with E-state index in [2.05, 4.69) is 15.8 Å². The monoisotopic (exact) mass is 456 g/mol. The maximum atomic E-state index is 12.4. The second-order valence-electron chi connectivity index (χ2n) is 5.70. The molecular weight excluding hydrogens is 439 g/mol. The summed E-state index contributed by atoms with van der Waals surface area (Å²) in [7, 11) is 0. The number of rotatable bonds is 7. The number of aryl methyl sites for hydroxylation is 1. The van der Waals surface area contributed by atoms with E-state index in [9.17, 15) is 4.79 Å². The van der Waals surface area contributed by atoms with Gasteiger partial charge in [-0.25, -0.2) is 0 Å². The van der Waals surface area contributed by atoms with E-state index in [1.165, 1.54) is 11.3 Å². The Kier molecular flexibility index (Phi) is 7.73. The highest BCUT2D eigenvalue weighted by Gasteiger charge is 2.09. The van der Waals surface area contributed by atoms with E-state index in [-0.39, 0.29) is 5.91 Å². The number of carbonyl (C=O) groups excluding carboxylic acids is 1. The van der Waals surface area contributed by atoms with Crippen molar-refractivity contribution in [1.29, 1.82) is 0 Å². The van der Waals surface area contributed by atoms with Gasteiger partial charge in [-0.05, 0) is 48.7 Å². The minimum absolute atomic E-state index is 0.105. The second-order valence-corrected chi connectivity index (χ2v) is 9.73. The van der Waals surface area contributed by atoms with E-state index in [1.54, 1.807) is 23.5 Å². The summed E-state index contributed by atoms with van der Waals surface area (Å²) in [5, 5.41) is 1.41. The SMILES string of the molecule is CSCCn1c(=NC(=O)CCSc2ccc(Cl)cc2)sc2cc(Cl)ccc21. The molecule has 0 spiro atoms. The lowest BCUT2D eigenvalue weighted by molar-refractivity contribution is -0.117. The van der Waals surface area contributed by atoms with Crippen molar-refractivity contribution in [1.82, 2.24) is 4.57 Å². The highest BCUT2D eigenvalue weighted by molar-refractivity contribution is 7.99. The van der Waals surface area contributed by atoms with Crippen LogP contribution in [0.1, 0.15) is 6.42 Å². The molecule has 0 bridgehead atoms. The van der Waals surface area contributed by atoms with Crippen LogP contribution in [0.4, 0.5) is 0 Å². The van der Waals surface area contributed by atoms with E-state index in [1.807, 2.05) is 42.5 Å². The zero-order valence-corrected chi connectivity index (χ0v) is 18.6. The number of thioether (sulfide) groups is 2. The highest BCUT2D eigenvalue weighted by atomic mass is 35.5. The molecule has 0 aliphatic heterocycles. The van der Waals surface area contributed by atoms with Gasteiger partial charge in [-0.3, -0.25) is 4.79 Å². The molecule has 1 aromatic heterocycles. The van der Waals surface area contributed by atoms with Crippen LogP contribution in [0.2, 0.25) is 10.0 Å². The topological polar surface area (TPSA) is 34.4 Å². The molecule has 27 heavy (non-hydrogen) atoms. The zero-order chi connectivity index (χ0) is 19.2. The van der Waals surface area contributed by atoms with Crippen LogP contribution in [0, 0.1) is 0 Å². The minimum Gasteiger partial charge on any atom is -0.316 e. The third kappa shape index (κ3) is 5.78. The van der Waals surface area contributed by atoms with Crippen LogP contribution in [-0.2, 0) is 11.3 Å². The van der Waals surface area contributed by atoms with Gasteiger partial charge in [-0.2, -0.15) is 16.8 Å². The van der Waals surface area contributed by atoms with Crippen molar-refractivity contribution in [2.45, 2.75) is 17.9 Å². The second kappa shape index (κ2) is 10.0. The van der Waals surface area contributed by atoms with Gasteiger partial charge in [0.2, 0.25) is 5.91 Å². The normalized spacial score (nSPS) is 12.0. The lowest BCUT2D eigenvalue weighted by atomic mass is 10.3. The van der Waals surface area contributed by atoms with E-state index >= 15 is 0 Å². The number of aromatic nitrogens is 1. The Hall–Kier alpha value is -0.920. The Labute approximate surface area is 180 Å². The van der Waals surface area contributed by atoms with Gasteiger partial charge in [0.1, 0.15) is 0 Å². The molecule has 8 heteroatoms. The molecule has 0 unspecified atom stereocenters. The van der Waals surface area contributed by atoms with Crippen molar-refractivity contribution in [3.8, 4) is 0 Å². The average molecular weight is 457 g/mol.